The fraction of sp³-hybridized carbons (Fsp3) is 0.400. The van der Waals surface area contributed by atoms with E-state index in [0.29, 0.717) is 6.42 Å². The topological polar surface area (TPSA) is 38.0 Å². The summed E-state index contributed by atoms with van der Waals surface area (Å²) in [5.41, 5.74) is 3.28. The Morgan fingerprint density at radius 1 is 1.28 bits per heavy atom. The van der Waals surface area contributed by atoms with Gasteiger partial charge >= 0.3 is 0 Å². The monoisotopic (exact) mass is 244 g/mol. The van der Waals surface area contributed by atoms with Crippen LogP contribution in [0, 0.1) is 6.92 Å². The molecule has 0 radical (unpaired) electrons. The lowest BCUT2D eigenvalue weighted by atomic mass is 10.0. The van der Waals surface area contributed by atoms with Crippen LogP contribution in [0.1, 0.15) is 36.1 Å². The van der Waals surface area contributed by atoms with Crippen molar-refractivity contribution in [1.29, 1.82) is 0 Å². The number of nitrogens with zero attached hydrogens (tertiary/aromatic N) is 2. The second-order valence-electron chi connectivity index (χ2n) is 4.74. The van der Waals surface area contributed by atoms with Gasteiger partial charge in [0, 0.05) is 24.7 Å². The minimum Gasteiger partial charge on any atom is -0.388 e. The van der Waals surface area contributed by atoms with E-state index in [1.807, 2.05) is 10.9 Å². The molecule has 2 aromatic rings. The Bertz CT molecular complexity index is 487. The minimum absolute atomic E-state index is 0.474. The Hall–Kier alpha value is -1.61. The highest BCUT2D eigenvalue weighted by atomic mass is 16.3. The number of aromatic nitrogens is 2. The quantitative estimate of drug-likeness (QED) is 0.878. The molecule has 0 saturated heterocycles. The molecule has 0 saturated carbocycles. The summed E-state index contributed by atoms with van der Waals surface area (Å²) in [5, 5.41) is 14.4. The molecule has 96 valence electrons. The van der Waals surface area contributed by atoms with E-state index in [1.165, 1.54) is 5.56 Å². The maximum atomic E-state index is 10.2. The highest BCUT2D eigenvalue weighted by Gasteiger charge is 2.10. The average molecular weight is 244 g/mol. The van der Waals surface area contributed by atoms with Crippen molar-refractivity contribution in [2.75, 3.05) is 0 Å². The fourth-order valence-corrected chi connectivity index (χ4v) is 1.97. The van der Waals surface area contributed by atoms with Crippen LogP contribution in [0.15, 0.2) is 36.7 Å². The molecule has 18 heavy (non-hydrogen) atoms. The van der Waals surface area contributed by atoms with E-state index in [-0.39, 0.29) is 0 Å². The van der Waals surface area contributed by atoms with Gasteiger partial charge in [0.1, 0.15) is 0 Å². The van der Waals surface area contributed by atoms with Crippen molar-refractivity contribution in [3.8, 4) is 0 Å². The van der Waals surface area contributed by atoms with Gasteiger partial charge < -0.3 is 5.11 Å². The Morgan fingerprint density at radius 3 is 2.67 bits per heavy atom. The first-order valence-electron chi connectivity index (χ1n) is 6.45. The lowest BCUT2D eigenvalue weighted by Gasteiger charge is -2.08. The van der Waals surface area contributed by atoms with Gasteiger partial charge in [-0.05, 0) is 18.9 Å². The molecule has 0 aliphatic heterocycles. The minimum atomic E-state index is -0.474. The largest absolute Gasteiger partial charge is 0.388 e. The summed E-state index contributed by atoms with van der Waals surface area (Å²) in [5.74, 6) is 0. The zero-order valence-corrected chi connectivity index (χ0v) is 11.0. The van der Waals surface area contributed by atoms with E-state index in [1.54, 1.807) is 6.20 Å². The second-order valence-corrected chi connectivity index (χ2v) is 4.74. The molecule has 0 aliphatic carbocycles. The molecule has 1 atom stereocenters. The zero-order valence-electron chi connectivity index (χ0n) is 11.0. The molecule has 0 aliphatic rings. The number of aliphatic hydroxyl groups is 1. The molecule has 1 N–H and O–H groups in total. The van der Waals surface area contributed by atoms with E-state index in [0.717, 1.165) is 24.1 Å². The standard InChI is InChI=1S/C15H20N2O/c1-3-8-17-11-14(10-16-17)15(18)9-13-6-4-12(2)5-7-13/h4-7,10-11,15,18H,3,8-9H2,1-2H3. The van der Waals surface area contributed by atoms with Crippen LogP contribution in [0.25, 0.3) is 0 Å². The van der Waals surface area contributed by atoms with Crippen molar-refractivity contribution in [3.63, 3.8) is 0 Å². The number of benzene rings is 1. The number of aryl methyl sites for hydroxylation is 2. The van der Waals surface area contributed by atoms with Gasteiger partial charge in [-0.1, -0.05) is 36.8 Å². The van der Waals surface area contributed by atoms with E-state index < -0.39 is 6.10 Å². The number of aliphatic hydroxyl groups excluding tert-OH is 1. The third kappa shape index (κ3) is 3.20. The van der Waals surface area contributed by atoms with Crippen molar-refractivity contribution in [2.45, 2.75) is 39.3 Å². The molecule has 0 spiro atoms. The third-order valence-corrected chi connectivity index (χ3v) is 3.04. The van der Waals surface area contributed by atoms with Crippen LogP contribution in [0.3, 0.4) is 0 Å². The van der Waals surface area contributed by atoms with Gasteiger partial charge in [0.25, 0.3) is 0 Å². The summed E-state index contributed by atoms with van der Waals surface area (Å²) in [6, 6.07) is 8.27. The fourth-order valence-electron chi connectivity index (χ4n) is 1.97. The molecule has 1 heterocycles. The van der Waals surface area contributed by atoms with Gasteiger partial charge in [-0.15, -0.1) is 0 Å². The number of rotatable bonds is 5. The average Bonchev–Trinajstić information content (AvgIpc) is 2.81. The molecular formula is C15H20N2O. The summed E-state index contributed by atoms with van der Waals surface area (Å²) in [6.07, 6.45) is 4.91. The van der Waals surface area contributed by atoms with Crippen LogP contribution in [-0.4, -0.2) is 14.9 Å². The lowest BCUT2D eigenvalue weighted by Crippen LogP contribution is -2.01. The van der Waals surface area contributed by atoms with Crippen LogP contribution in [-0.2, 0) is 13.0 Å². The van der Waals surface area contributed by atoms with Gasteiger partial charge in [-0.2, -0.15) is 5.10 Å². The Kier molecular flexibility index (Phi) is 4.15. The Labute approximate surface area is 108 Å². The molecule has 0 bridgehead atoms. The zero-order chi connectivity index (χ0) is 13.0. The van der Waals surface area contributed by atoms with Crippen LogP contribution in [0.4, 0.5) is 0 Å². The van der Waals surface area contributed by atoms with Crippen molar-refractivity contribution < 1.29 is 5.11 Å². The van der Waals surface area contributed by atoms with E-state index in [9.17, 15) is 5.11 Å². The molecule has 1 aromatic carbocycles. The van der Waals surface area contributed by atoms with Gasteiger partial charge in [-0.3, -0.25) is 4.68 Å². The Balaban J connectivity index is 2.02. The van der Waals surface area contributed by atoms with Gasteiger partial charge in [0.15, 0.2) is 0 Å². The van der Waals surface area contributed by atoms with Crippen molar-refractivity contribution in [2.24, 2.45) is 0 Å². The SMILES string of the molecule is CCCn1cc(C(O)Cc2ccc(C)cc2)cn1. The smallest absolute Gasteiger partial charge is 0.0860 e. The van der Waals surface area contributed by atoms with Gasteiger partial charge in [-0.25, -0.2) is 0 Å². The molecule has 0 amide bonds. The van der Waals surface area contributed by atoms with Crippen molar-refractivity contribution in [1.82, 2.24) is 9.78 Å². The van der Waals surface area contributed by atoms with Crippen LogP contribution >= 0.6 is 0 Å². The molecule has 1 aromatic heterocycles. The number of hydrogen-bond donors (Lipinski definition) is 1. The maximum Gasteiger partial charge on any atom is 0.0860 e. The summed E-state index contributed by atoms with van der Waals surface area (Å²) in [4.78, 5) is 0. The lowest BCUT2D eigenvalue weighted by molar-refractivity contribution is 0.178. The summed E-state index contributed by atoms with van der Waals surface area (Å²) in [7, 11) is 0. The molecule has 0 fully saturated rings. The van der Waals surface area contributed by atoms with Gasteiger partial charge in [0.2, 0.25) is 0 Å². The van der Waals surface area contributed by atoms with Crippen LogP contribution in [0.5, 0.6) is 0 Å². The molecule has 3 nitrogen and oxygen atoms in total. The number of hydrogen-bond acceptors (Lipinski definition) is 2. The summed E-state index contributed by atoms with van der Waals surface area (Å²) in [6.45, 7) is 5.08. The first-order valence-corrected chi connectivity index (χ1v) is 6.45. The third-order valence-electron chi connectivity index (χ3n) is 3.04. The van der Waals surface area contributed by atoms with E-state index >= 15 is 0 Å². The first kappa shape index (κ1) is 12.8. The molecule has 1 unspecified atom stereocenters. The van der Waals surface area contributed by atoms with Crippen molar-refractivity contribution >= 4 is 0 Å². The van der Waals surface area contributed by atoms with E-state index in [4.69, 9.17) is 0 Å². The summed E-state index contributed by atoms with van der Waals surface area (Å²) < 4.78 is 1.88. The highest BCUT2D eigenvalue weighted by molar-refractivity contribution is 5.23. The van der Waals surface area contributed by atoms with Crippen LogP contribution < -0.4 is 0 Å². The Morgan fingerprint density at radius 2 is 2.00 bits per heavy atom. The van der Waals surface area contributed by atoms with Crippen LogP contribution in [0.2, 0.25) is 0 Å². The van der Waals surface area contributed by atoms with Crippen molar-refractivity contribution in [3.05, 3.63) is 53.3 Å². The highest BCUT2D eigenvalue weighted by Crippen LogP contribution is 2.18. The molecular weight excluding hydrogens is 224 g/mol. The second kappa shape index (κ2) is 5.83. The van der Waals surface area contributed by atoms with Gasteiger partial charge in [0.05, 0.1) is 12.3 Å². The molecule has 3 heteroatoms. The first-order chi connectivity index (χ1) is 8.69. The summed E-state index contributed by atoms with van der Waals surface area (Å²) >= 11 is 0. The predicted molar refractivity (Wildman–Crippen MR) is 72.4 cm³/mol. The predicted octanol–water partition coefficient (Wildman–Crippen LogP) is 2.88. The maximum absolute atomic E-state index is 10.2. The normalized spacial score (nSPS) is 12.6. The molecule has 2 rings (SSSR count). The van der Waals surface area contributed by atoms with E-state index in [2.05, 4.69) is 43.2 Å².